The minimum atomic E-state index is -1.06. The maximum Gasteiger partial charge on any atom is 0.139 e. The highest BCUT2D eigenvalue weighted by Gasteiger charge is 2.30. The topological polar surface area (TPSA) is 12.0 Å². The molecular weight excluding hydrogens is 248 g/mol. The smallest absolute Gasteiger partial charge is 0.139 e. The Morgan fingerprint density at radius 1 is 1.50 bits per heavy atom. The molecule has 0 heterocycles. The molecule has 1 N–H and O–H groups in total. The van der Waals surface area contributed by atoms with Crippen LogP contribution in [0.2, 0.25) is 0 Å². The zero-order valence-electron chi connectivity index (χ0n) is 9.69. The van der Waals surface area contributed by atoms with Crippen molar-refractivity contribution in [1.82, 2.24) is 5.32 Å². The predicted molar refractivity (Wildman–Crippen MR) is 69.0 cm³/mol. The molecule has 1 rings (SSSR count). The van der Waals surface area contributed by atoms with Crippen molar-refractivity contribution in [3.05, 3.63) is 22.3 Å². The average Bonchev–Trinajstić information content (AvgIpc) is 2.22. The first-order valence-corrected chi connectivity index (χ1v) is 6.47. The van der Waals surface area contributed by atoms with Crippen LogP contribution in [0.4, 0.5) is 4.39 Å². The van der Waals surface area contributed by atoms with E-state index in [9.17, 15) is 4.39 Å². The molecule has 0 fully saturated rings. The van der Waals surface area contributed by atoms with E-state index in [1.807, 2.05) is 0 Å². The molecule has 1 aliphatic rings. The summed E-state index contributed by atoms with van der Waals surface area (Å²) in [6.07, 6.45) is 3.76. The second-order valence-corrected chi connectivity index (χ2v) is 4.93. The third-order valence-electron chi connectivity index (χ3n) is 2.70. The van der Waals surface area contributed by atoms with E-state index in [4.69, 9.17) is 23.2 Å². The Morgan fingerprint density at radius 2 is 2.19 bits per heavy atom. The molecule has 16 heavy (non-hydrogen) atoms. The fraction of sp³-hybridized carbons (Fsp3) is 0.667. The van der Waals surface area contributed by atoms with Crippen LogP contribution in [0.3, 0.4) is 0 Å². The first-order valence-electron chi connectivity index (χ1n) is 5.66. The van der Waals surface area contributed by atoms with E-state index in [-0.39, 0.29) is 11.9 Å². The molecule has 0 aromatic rings. The monoisotopic (exact) mass is 265 g/mol. The summed E-state index contributed by atoms with van der Waals surface area (Å²) in [7, 11) is 1.72. The SMILES string of the molecule is CCCCC(Cl)C1=CC(Cl)=C1[C@@H](F)CNC. The Hall–Kier alpha value is -0.0500. The third kappa shape index (κ3) is 3.22. The number of alkyl halides is 2. The maximum atomic E-state index is 13.7. The van der Waals surface area contributed by atoms with Crippen LogP contribution in [0.15, 0.2) is 22.3 Å². The molecule has 1 nitrogen and oxygen atoms in total. The largest absolute Gasteiger partial charge is 0.317 e. The fourth-order valence-corrected chi connectivity index (χ4v) is 2.44. The van der Waals surface area contributed by atoms with E-state index in [0.717, 1.165) is 24.8 Å². The minimum Gasteiger partial charge on any atom is -0.317 e. The molecule has 4 heteroatoms. The van der Waals surface area contributed by atoms with E-state index in [1.54, 1.807) is 13.1 Å². The van der Waals surface area contributed by atoms with E-state index in [0.29, 0.717) is 10.6 Å². The van der Waals surface area contributed by atoms with Gasteiger partial charge in [-0.3, -0.25) is 0 Å². The normalized spacial score (nSPS) is 19.2. The van der Waals surface area contributed by atoms with Crippen molar-refractivity contribution in [1.29, 1.82) is 0 Å². The third-order valence-corrected chi connectivity index (χ3v) is 3.46. The summed E-state index contributed by atoms with van der Waals surface area (Å²) in [5, 5.41) is 3.21. The molecule has 0 aromatic carbocycles. The molecule has 0 bridgehead atoms. The van der Waals surface area contributed by atoms with Crippen LogP contribution in [0.5, 0.6) is 0 Å². The highest BCUT2D eigenvalue weighted by atomic mass is 35.5. The summed E-state index contributed by atoms with van der Waals surface area (Å²) in [5.74, 6) is 0. The van der Waals surface area contributed by atoms with E-state index in [1.165, 1.54) is 0 Å². The van der Waals surface area contributed by atoms with Gasteiger partial charge in [0.15, 0.2) is 0 Å². The van der Waals surface area contributed by atoms with Gasteiger partial charge in [-0.15, -0.1) is 11.6 Å². The summed E-state index contributed by atoms with van der Waals surface area (Å²) in [6, 6.07) is 0. The van der Waals surface area contributed by atoms with Gasteiger partial charge < -0.3 is 5.32 Å². The Morgan fingerprint density at radius 3 is 2.69 bits per heavy atom. The van der Waals surface area contributed by atoms with Gasteiger partial charge in [0.05, 0.1) is 5.38 Å². The second kappa shape index (κ2) is 6.63. The fourth-order valence-electron chi connectivity index (χ4n) is 1.76. The van der Waals surface area contributed by atoms with Gasteiger partial charge in [-0.05, 0) is 25.1 Å². The summed E-state index contributed by atoms with van der Waals surface area (Å²) < 4.78 is 13.7. The standard InChI is InChI=1S/C12H18Cl2FN/c1-3-4-5-9(13)8-6-10(14)12(8)11(15)7-16-2/h6,9,11,16H,3-5,7H2,1-2H3/t9?,11-/m0/s1. The lowest BCUT2D eigenvalue weighted by Crippen LogP contribution is -2.28. The Bertz CT molecular complexity index is 299. The van der Waals surface area contributed by atoms with Gasteiger partial charge in [-0.25, -0.2) is 4.39 Å². The number of rotatable bonds is 7. The molecule has 1 unspecified atom stereocenters. The predicted octanol–water partition coefficient (Wildman–Crippen LogP) is 3.77. The van der Waals surface area contributed by atoms with Crippen LogP contribution in [0, 0.1) is 0 Å². The van der Waals surface area contributed by atoms with Crippen LogP contribution in [0.25, 0.3) is 0 Å². The highest BCUT2D eigenvalue weighted by Crippen LogP contribution is 2.39. The highest BCUT2D eigenvalue weighted by molar-refractivity contribution is 6.34. The second-order valence-electron chi connectivity index (χ2n) is 4.00. The van der Waals surface area contributed by atoms with Crippen LogP contribution in [0.1, 0.15) is 26.2 Å². The average molecular weight is 266 g/mol. The number of halogens is 3. The minimum absolute atomic E-state index is 0.104. The van der Waals surface area contributed by atoms with Gasteiger partial charge in [0.25, 0.3) is 0 Å². The molecule has 1 aliphatic carbocycles. The lowest BCUT2D eigenvalue weighted by atomic mass is 9.88. The first-order chi connectivity index (χ1) is 7.61. The maximum absolute atomic E-state index is 13.7. The molecule has 0 saturated heterocycles. The zero-order chi connectivity index (χ0) is 12.1. The molecule has 0 spiro atoms. The molecule has 92 valence electrons. The molecular formula is C12H18Cl2FN. The van der Waals surface area contributed by atoms with Gasteiger partial charge >= 0.3 is 0 Å². The molecule has 0 amide bonds. The summed E-state index contributed by atoms with van der Waals surface area (Å²) in [6.45, 7) is 2.39. The van der Waals surface area contributed by atoms with Crippen LogP contribution < -0.4 is 5.32 Å². The van der Waals surface area contributed by atoms with Crippen molar-refractivity contribution in [3.8, 4) is 0 Å². The Kier molecular flexibility index (Phi) is 5.81. The first kappa shape index (κ1) is 14.0. The van der Waals surface area contributed by atoms with Crippen molar-refractivity contribution < 1.29 is 4.39 Å². The lowest BCUT2D eigenvalue weighted by molar-refractivity contribution is 0.370. The molecule has 2 atom stereocenters. The van der Waals surface area contributed by atoms with Gasteiger partial charge in [-0.1, -0.05) is 31.4 Å². The van der Waals surface area contributed by atoms with E-state index < -0.39 is 6.17 Å². The van der Waals surface area contributed by atoms with Crippen LogP contribution in [-0.4, -0.2) is 25.1 Å². The van der Waals surface area contributed by atoms with Crippen molar-refractivity contribution in [2.24, 2.45) is 0 Å². The van der Waals surface area contributed by atoms with Gasteiger partial charge in [0.1, 0.15) is 6.17 Å². The van der Waals surface area contributed by atoms with Crippen molar-refractivity contribution in [2.75, 3.05) is 13.6 Å². The van der Waals surface area contributed by atoms with E-state index in [2.05, 4.69) is 12.2 Å². The molecule has 0 radical (unpaired) electrons. The number of unbranched alkanes of at least 4 members (excludes halogenated alkanes) is 1. The molecule has 0 aliphatic heterocycles. The summed E-state index contributed by atoms with van der Waals surface area (Å²) in [5.41, 5.74) is 1.47. The zero-order valence-corrected chi connectivity index (χ0v) is 11.2. The van der Waals surface area contributed by atoms with Gasteiger partial charge in [0.2, 0.25) is 0 Å². The van der Waals surface area contributed by atoms with Crippen molar-refractivity contribution in [2.45, 2.75) is 37.7 Å². The quantitative estimate of drug-likeness (QED) is 0.691. The Balaban J connectivity index is 2.54. The number of hydrogen-bond donors (Lipinski definition) is 1. The number of hydrogen-bond acceptors (Lipinski definition) is 1. The molecule has 0 saturated carbocycles. The molecule has 0 aromatic heterocycles. The number of allylic oxidation sites excluding steroid dienone is 3. The van der Waals surface area contributed by atoms with Gasteiger partial charge in [0, 0.05) is 17.2 Å². The summed E-state index contributed by atoms with van der Waals surface area (Å²) in [4.78, 5) is 0. The Labute approximate surface area is 107 Å². The van der Waals surface area contributed by atoms with Crippen molar-refractivity contribution >= 4 is 23.2 Å². The lowest BCUT2D eigenvalue weighted by Gasteiger charge is -2.27. The van der Waals surface area contributed by atoms with Crippen LogP contribution in [-0.2, 0) is 0 Å². The summed E-state index contributed by atoms with van der Waals surface area (Å²) >= 11 is 12.1. The number of nitrogens with one attached hydrogen (secondary N) is 1. The van der Waals surface area contributed by atoms with Crippen LogP contribution >= 0.6 is 23.2 Å². The van der Waals surface area contributed by atoms with Crippen molar-refractivity contribution in [3.63, 3.8) is 0 Å². The van der Waals surface area contributed by atoms with E-state index >= 15 is 0 Å². The van der Waals surface area contributed by atoms with Gasteiger partial charge in [-0.2, -0.15) is 0 Å².